The normalized spacial score (nSPS) is 31.1. The fourth-order valence-corrected chi connectivity index (χ4v) is 2.27. The molecule has 1 fully saturated rings. The summed E-state index contributed by atoms with van der Waals surface area (Å²) in [5.41, 5.74) is -1.46. The van der Waals surface area contributed by atoms with E-state index in [1.54, 1.807) is 0 Å². The first-order valence-electron chi connectivity index (χ1n) is 6.91. The second-order valence-corrected chi connectivity index (χ2v) is 5.31. The zero-order valence-corrected chi connectivity index (χ0v) is 12.2. The Hall–Kier alpha value is -1.46. The third kappa shape index (κ3) is 3.95. The Morgan fingerprint density at radius 2 is 1.71 bits per heavy atom. The van der Waals surface area contributed by atoms with Gasteiger partial charge in [0.1, 0.15) is 36.8 Å². The van der Waals surface area contributed by atoms with Crippen molar-refractivity contribution in [2.45, 2.75) is 43.6 Å². The lowest BCUT2D eigenvalue weighted by Gasteiger charge is -2.39. The average Bonchev–Trinajstić information content (AvgIpc) is 2.54. The quantitative estimate of drug-likeness (QED) is 0.581. The van der Waals surface area contributed by atoms with E-state index in [1.807, 2.05) is 0 Å². The van der Waals surface area contributed by atoms with Crippen LogP contribution < -0.4 is 4.74 Å². The summed E-state index contributed by atoms with van der Waals surface area (Å²) >= 11 is 0. The summed E-state index contributed by atoms with van der Waals surface area (Å²) in [6.07, 6.45) is -12.8. The van der Waals surface area contributed by atoms with Gasteiger partial charge in [0, 0.05) is 0 Å². The van der Waals surface area contributed by atoms with Gasteiger partial charge in [-0.15, -0.1) is 0 Å². The van der Waals surface area contributed by atoms with Crippen molar-refractivity contribution in [2.24, 2.45) is 0 Å². The molecule has 5 atom stereocenters. The van der Waals surface area contributed by atoms with E-state index in [9.17, 15) is 32.9 Å². The first-order chi connectivity index (χ1) is 11.2. The molecule has 136 valence electrons. The number of halogens is 4. The van der Waals surface area contributed by atoms with Crippen LogP contribution in [0.3, 0.4) is 0 Å². The van der Waals surface area contributed by atoms with Crippen LogP contribution in [0.4, 0.5) is 17.6 Å². The number of benzene rings is 1. The van der Waals surface area contributed by atoms with Gasteiger partial charge in [-0.25, -0.2) is 4.39 Å². The molecule has 2 rings (SSSR count). The van der Waals surface area contributed by atoms with E-state index >= 15 is 0 Å². The summed E-state index contributed by atoms with van der Waals surface area (Å²) in [4.78, 5) is 0. The van der Waals surface area contributed by atoms with Crippen LogP contribution in [0, 0.1) is 0 Å². The Kier molecular flexibility index (Phi) is 5.66. The predicted octanol–water partition coefficient (Wildman–Crippen LogP) is 0.354. The first kappa shape index (κ1) is 18.9. The Morgan fingerprint density at radius 1 is 1.04 bits per heavy atom. The van der Waals surface area contributed by atoms with Gasteiger partial charge in [-0.2, -0.15) is 13.2 Å². The Labute approximate surface area is 133 Å². The minimum Gasteiger partial charge on any atom is -0.462 e. The lowest BCUT2D eigenvalue weighted by Crippen LogP contribution is -2.60. The van der Waals surface area contributed by atoms with Gasteiger partial charge in [0.05, 0.1) is 12.2 Å². The maximum atomic E-state index is 12.8. The third-order valence-electron chi connectivity index (χ3n) is 3.55. The van der Waals surface area contributed by atoms with Crippen molar-refractivity contribution in [2.75, 3.05) is 6.61 Å². The molecule has 24 heavy (non-hydrogen) atoms. The number of hydrogen-bond donors (Lipinski definition) is 4. The molecule has 0 bridgehead atoms. The van der Waals surface area contributed by atoms with Crippen LogP contribution in [0.2, 0.25) is 0 Å². The van der Waals surface area contributed by atoms with Crippen molar-refractivity contribution >= 4 is 0 Å². The molecule has 0 spiro atoms. The second-order valence-electron chi connectivity index (χ2n) is 5.31. The Morgan fingerprint density at radius 3 is 2.25 bits per heavy atom. The van der Waals surface area contributed by atoms with Crippen molar-refractivity contribution < 1.29 is 47.5 Å². The minimum absolute atomic E-state index is 0.301. The minimum atomic E-state index is -4.74. The van der Waals surface area contributed by atoms with Crippen LogP contribution in [-0.2, 0) is 17.6 Å². The number of alkyl halides is 4. The van der Waals surface area contributed by atoms with Crippen molar-refractivity contribution in [3.8, 4) is 5.75 Å². The number of rotatable bonds is 4. The van der Waals surface area contributed by atoms with E-state index in [4.69, 9.17) is 14.6 Å². The topological polar surface area (TPSA) is 99.4 Å². The highest BCUT2D eigenvalue weighted by Gasteiger charge is 2.45. The van der Waals surface area contributed by atoms with Gasteiger partial charge in [-0.05, 0) is 23.8 Å². The Balaban J connectivity index is 2.26. The number of hydrogen-bond acceptors (Lipinski definition) is 6. The molecule has 5 unspecified atom stereocenters. The summed E-state index contributed by atoms with van der Waals surface area (Å²) in [6.45, 7) is -1.89. The van der Waals surface area contributed by atoms with E-state index in [2.05, 4.69) is 0 Å². The van der Waals surface area contributed by atoms with E-state index in [0.717, 1.165) is 6.07 Å². The van der Waals surface area contributed by atoms with E-state index in [1.165, 1.54) is 0 Å². The summed E-state index contributed by atoms with van der Waals surface area (Å²) in [5, 5.41) is 38.1. The lowest BCUT2D eigenvalue weighted by molar-refractivity contribution is -0.277. The van der Waals surface area contributed by atoms with E-state index in [0.29, 0.717) is 12.1 Å². The van der Waals surface area contributed by atoms with Crippen molar-refractivity contribution in [1.82, 2.24) is 0 Å². The molecule has 0 saturated carbocycles. The zero-order chi connectivity index (χ0) is 18.1. The maximum Gasteiger partial charge on any atom is 0.416 e. The molecule has 1 aliphatic rings. The van der Waals surface area contributed by atoms with Gasteiger partial charge in [-0.1, -0.05) is 0 Å². The van der Waals surface area contributed by atoms with Crippen LogP contribution in [0.1, 0.15) is 11.1 Å². The van der Waals surface area contributed by atoms with Crippen molar-refractivity contribution in [3.05, 3.63) is 29.3 Å². The summed E-state index contributed by atoms with van der Waals surface area (Å²) in [6, 6.07) is 2.18. The van der Waals surface area contributed by atoms with Gasteiger partial charge in [0.25, 0.3) is 0 Å². The summed E-state index contributed by atoms with van der Waals surface area (Å²) in [7, 11) is 0. The molecule has 0 radical (unpaired) electrons. The van der Waals surface area contributed by atoms with Gasteiger partial charge in [-0.3, -0.25) is 0 Å². The van der Waals surface area contributed by atoms with Gasteiger partial charge in [0.15, 0.2) is 0 Å². The van der Waals surface area contributed by atoms with Crippen LogP contribution in [0.5, 0.6) is 5.75 Å². The fourth-order valence-electron chi connectivity index (χ4n) is 2.27. The number of aliphatic hydroxyl groups is 4. The molecule has 0 amide bonds. The highest BCUT2D eigenvalue weighted by molar-refractivity contribution is 5.36. The second kappa shape index (κ2) is 7.19. The van der Waals surface area contributed by atoms with Crippen LogP contribution in [0.25, 0.3) is 0 Å². The SMILES string of the molecule is OCC1OC(Oc2cc(CF)cc(C(F)(F)F)c2)C(O)C(O)C1O. The van der Waals surface area contributed by atoms with Crippen LogP contribution >= 0.6 is 0 Å². The van der Waals surface area contributed by atoms with Gasteiger partial charge in [0.2, 0.25) is 6.29 Å². The zero-order valence-electron chi connectivity index (χ0n) is 12.2. The standard InChI is InChI=1S/C14H16F4O6/c15-4-6-1-7(14(16,17)18)3-8(2-6)23-13-12(22)11(21)10(20)9(5-19)24-13/h1-3,9-13,19-22H,4-5H2. The van der Waals surface area contributed by atoms with Crippen LogP contribution in [0.15, 0.2) is 18.2 Å². The highest BCUT2D eigenvalue weighted by atomic mass is 19.4. The van der Waals surface area contributed by atoms with E-state index in [-0.39, 0.29) is 5.56 Å². The molecule has 6 nitrogen and oxygen atoms in total. The van der Waals surface area contributed by atoms with Crippen LogP contribution in [-0.4, -0.2) is 57.7 Å². The number of aliphatic hydroxyl groups excluding tert-OH is 4. The van der Waals surface area contributed by atoms with Crippen molar-refractivity contribution in [3.63, 3.8) is 0 Å². The monoisotopic (exact) mass is 356 g/mol. The Bertz CT molecular complexity index is 565. The highest BCUT2D eigenvalue weighted by Crippen LogP contribution is 2.34. The number of ether oxygens (including phenoxy) is 2. The average molecular weight is 356 g/mol. The molecule has 1 aromatic carbocycles. The molecule has 1 aliphatic heterocycles. The molecule has 10 heteroatoms. The molecule has 0 aliphatic carbocycles. The predicted molar refractivity (Wildman–Crippen MR) is 70.7 cm³/mol. The maximum absolute atomic E-state index is 12.8. The molecule has 0 aromatic heterocycles. The van der Waals surface area contributed by atoms with Gasteiger partial charge < -0.3 is 29.9 Å². The molecular formula is C14H16F4O6. The van der Waals surface area contributed by atoms with Gasteiger partial charge >= 0.3 is 6.18 Å². The first-order valence-corrected chi connectivity index (χ1v) is 6.91. The third-order valence-corrected chi connectivity index (χ3v) is 3.55. The fraction of sp³-hybridized carbons (Fsp3) is 0.571. The molecule has 1 saturated heterocycles. The molecular weight excluding hydrogens is 340 g/mol. The molecule has 1 aromatic rings. The lowest BCUT2D eigenvalue weighted by atomic mass is 9.99. The van der Waals surface area contributed by atoms with E-state index < -0.39 is 61.5 Å². The summed E-state index contributed by atoms with van der Waals surface area (Å²) < 4.78 is 61.3. The summed E-state index contributed by atoms with van der Waals surface area (Å²) in [5.74, 6) is -0.443. The largest absolute Gasteiger partial charge is 0.462 e. The van der Waals surface area contributed by atoms with Crippen molar-refractivity contribution in [1.29, 1.82) is 0 Å². The molecule has 1 heterocycles. The smallest absolute Gasteiger partial charge is 0.416 e. The molecule has 4 N–H and O–H groups in total.